The summed E-state index contributed by atoms with van der Waals surface area (Å²) >= 11 is 0. The molecule has 0 aliphatic carbocycles. The van der Waals surface area contributed by atoms with Crippen LogP contribution in [0.3, 0.4) is 0 Å². The molecular weight excluding hydrogens is 324 g/mol. The highest BCUT2D eigenvalue weighted by molar-refractivity contribution is 6.07. The summed E-state index contributed by atoms with van der Waals surface area (Å²) in [5.41, 5.74) is 2.16. The molecule has 2 aromatic heterocycles. The maximum atomic E-state index is 12.8. The summed E-state index contributed by atoms with van der Waals surface area (Å²) in [5.74, 6) is 0.828. The molecule has 1 aliphatic rings. The smallest absolute Gasteiger partial charge is 0.212 e. The van der Waals surface area contributed by atoms with Gasteiger partial charge in [0.2, 0.25) is 5.78 Å². The third-order valence-electron chi connectivity index (χ3n) is 5.02. The van der Waals surface area contributed by atoms with Crippen molar-refractivity contribution in [3.63, 3.8) is 0 Å². The highest BCUT2D eigenvalue weighted by atomic mass is 16.1. The van der Waals surface area contributed by atoms with E-state index < -0.39 is 0 Å². The second kappa shape index (κ2) is 8.41. The fraction of sp³-hybridized carbons (Fsp3) is 0.476. The second-order valence-electron chi connectivity index (χ2n) is 7.12. The number of aromatic nitrogens is 2. The van der Waals surface area contributed by atoms with Gasteiger partial charge in [-0.25, -0.2) is 4.98 Å². The van der Waals surface area contributed by atoms with Crippen molar-refractivity contribution in [1.82, 2.24) is 14.9 Å². The molecular formula is C21H28N4O. The summed E-state index contributed by atoms with van der Waals surface area (Å²) in [7, 11) is 0. The Morgan fingerprint density at radius 1 is 1.15 bits per heavy atom. The van der Waals surface area contributed by atoms with E-state index in [9.17, 15) is 4.79 Å². The molecule has 3 rings (SSSR count). The van der Waals surface area contributed by atoms with Gasteiger partial charge in [0, 0.05) is 50.2 Å². The molecule has 0 saturated carbocycles. The van der Waals surface area contributed by atoms with E-state index in [1.165, 1.54) is 0 Å². The summed E-state index contributed by atoms with van der Waals surface area (Å²) in [4.78, 5) is 26.5. The maximum absolute atomic E-state index is 12.8. The molecule has 0 atom stereocenters. The van der Waals surface area contributed by atoms with Gasteiger partial charge in [0.25, 0.3) is 0 Å². The number of rotatable bonds is 5. The lowest BCUT2D eigenvalue weighted by atomic mass is 10.1. The van der Waals surface area contributed by atoms with Crippen LogP contribution in [0.5, 0.6) is 0 Å². The van der Waals surface area contributed by atoms with Crippen LogP contribution in [0, 0.1) is 0 Å². The first kappa shape index (κ1) is 18.5. The van der Waals surface area contributed by atoms with Gasteiger partial charge in [0.15, 0.2) is 0 Å². The molecule has 0 amide bonds. The first-order chi connectivity index (χ1) is 12.6. The summed E-state index contributed by atoms with van der Waals surface area (Å²) in [6, 6.07) is 8.20. The number of ketones is 1. The van der Waals surface area contributed by atoms with Crippen molar-refractivity contribution in [2.24, 2.45) is 0 Å². The Morgan fingerprint density at radius 3 is 2.77 bits per heavy atom. The third-order valence-corrected chi connectivity index (χ3v) is 5.02. The molecule has 0 radical (unpaired) electrons. The largest absolute Gasteiger partial charge is 0.355 e. The molecule has 3 heterocycles. The minimum Gasteiger partial charge on any atom is -0.355 e. The van der Waals surface area contributed by atoms with Gasteiger partial charge in [-0.2, -0.15) is 0 Å². The molecule has 5 heteroatoms. The van der Waals surface area contributed by atoms with Crippen molar-refractivity contribution in [3.8, 4) is 0 Å². The van der Waals surface area contributed by atoms with E-state index in [0.717, 1.165) is 50.4 Å². The average Bonchev–Trinajstić information content (AvgIpc) is 2.94. The zero-order chi connectivity index (χ0) is 18.5. The Balaban J connectivity index is 1.78. The fourth-order valence-electron chi connectivity index (χ4n) is 3.36. The molecule has 1 aliphatic heterocycles. The van der Waals surface area contributed by atoms with Gasteiger partial charge in [-0.05, 0) is 50.5 Å². The van der Waals surface area contributed by atoms with E-state index in [4.69, 9.17) is 0 Å². The molecule has 1 saturated heterocycles. The van der Waals surface area contributed by atoms with Gasteiger partial charge in [0.1, 0.15) is 11.5 Å². The van der Waals surface area contributed by atoms with Gasteiger partial charge in [-0.1, -0.05) is 13.0 Å². The summed E-state index contributed by atoms with van der Waals surface area (Å²) in [6.07, 6.45) is 5.41. The second-order valence-corrected chi connectivity index (χ2v) is 7.12. The number of carbonyl (C=O) groups excluding carboxylic acids is 1. The van der Waals surface area contributed by atoms with Crippen LogP contribution in [0.25, 0.3) is 0 Å². The van der Waals surface area contributed by atoms with Gasteiger partial charge in [-0.15, -0.1) is 0 Å². The van der Waals surface area contributed by atoms with Crippen molar-refractivity contribution < 1.29 is 4.79 Å². The van der Waals surface area contributed by atoms with Gasteiger partial charge in [-0.3, -0.25) is 14.7 Å². The standard InChI is InChI=1S/C21H28N4O/c1-4-17-13-18(15-22-14-17)21(26)19-7-5-8-20(23-19)25-10-6-9-24(11-12-25)16(2)3/h5,7-8,13-16H,4,6,9-12H2,1-3H3. The molecule has 0 spiro atoms. The Bertz CT molecular complexity index is 759. The highest BCUT2D eigenvalue weighted by Crippen LogP contribution is 2.17. The number of pyridine rings is 2. The fourth-order valence-corrected chi connectivity index (χ4v) is 3.36. The Kier molecular flexibility index (Phi) is 5.99. The highest BCUT2D eigenvalue weighted by Gasteiger charge is 2.19. The molecule has 0 bridgehead atoms. The lowest BCUT2D eigenvalue weighted by molar-refractivity contribution is 0.103. The van der Waals surface area contributed by atoms with E-state index in [0.29, 0.717) is 17.3 Å². The molecule has 138 valence electrons. The maximum Gasteiger partial charge on any atom is 0.212 e. The van der Waals surface area contributed by atoms with E-state index >= 15 is 0 Å². The van der Waals surface area contributed by atoms with Crippen LogP contribution >= 0.6 is 0 Å². The normalized spacial score (nSPS) is 15.9. The minimum absolute atomic E-state index is 0.0618. The molecule has 26 heavy (non-hydrogen) atoms. The molecule has 0 N–H and O–H groups in total. The van der Waals surface area contributed by atoms with Crippen LogP contribution in [0.15, 0.2) is 36.7 Å². The first-order valence-corrected chi connectivity index (χ1v) is 9.53. The summed E-state index contributed by atoms with van der Waals surface area (Å²) < 4.78 is 0. The van der Waals surface area contributed by atoms with Crippen LogP contribution < -0.4 is 4.90 Å². The predicted octanol–water partition coefficient (Wildman–Crippen LogP) is 3.19. The topological polar surface area (TPSA) is 49.3 Å². The van der Waals surface area contributed by atoms with Crippen LogP contribution in [-0.2, 0) is 6.42 Å². The van der Waals surface area contributed by atoms with Gasteiger partial charge < -0.3 is 4.90 Å². The van der Waals surface area contributed by atoms with Crippen LogP contribution in [0.2, 0.25) is 0 Å². The van der Waals surface area contributed by atoms with Crippen molar-refractivity contribution >= 4 is 11.6 Å². The zero-order valence-corrected chi connectivity index (χ0v) is 16.0. The Labute approximate surface area is 156 Å². The van der Waals surface area contributed by atoms with Crippen molar-refractivity contribution in [3.05, 3.63) is 53.5 Å². The minimum atomic E-state index is -0.0618. The third kappa shape index (κ3) is 4.28. The van der Waals surface area contributed by atoms with Crippen molar-refractivity contribution in [1.29, 1.82) is 0 Å². The van der Waals surface area contributed by atoms with Gasteiger partial charge in [0.05, 0.1) is 0 Å². The first-order valence-electron chi connectivity index (χ1n) is 9.53. The number of anilines is 1. The molecule has 2 aromatic rings. The summed E-state index contributed by atoms with van der Waals surface area (Å²) in [6.45, 7) is 10.6. The monoisotopic (exact) mass is 352 g/mol. The molecule has 0 aromatic carbocycles. The molecule has 0 unspecified atom stereocenters. The van der Waals surface area contributed by atoms with Crippen molar-refractivity contribution in [2.75, 3.05) is 31.1 Å². The summed E-state index contributed by atoms with van der Waals surface area (Å²) in [5, 5.41) is 0. The van der Waals surface area contributed by atoms with E-state index in [1.807, 2.05) is 18.2 Å². The number of carbonyl (C=O) groups is 1. The van der Waals surface area contributed by atoms with Gasteiger partial charge >= 0.3 is 0 Å². The van der Waals surface area contributed by atoms with Crippen LogP contribution in [-0.4, -0.2) is 52.9 Å². The predicted molar refractivity (Wildman–Crippen MR) is 105 cm³/mol. The zero-order valence-electron chi connectivity index (χ0n) is 16.0. The van der Waals surface area contributed by atoms with Crippen LogP contribution in [0.1, 0.15) is 48.8 Å². The lowest BCUT2D eigenvalue weighted by Crippen LogP contribution is -2.35. The number of hydrogen-bond acceptors (Lipinski definition) is 5. The average molecular weight is 352 g/mol. The Hall–Kier alpha value is -2.27. The van der Waals surface area contributed by atoms with Crippen molar-refractivity contribution in [2.45, 2.75) is 39.7 Å². The number of hydrogen-bond donors (Lipinski definition) is 0. The lowest BCUT2D eigenvalue weighted by Gasteiger charge is -2.25. The number of aryl methyl sites for hydroxylation is 1. The quantitative estimate of drug-likeness (QED) is 0.774. The Morgan fingerprint density at radius 2 is 2.00 bits per heavy atom. The molecule has 1 fully saturated rings. The van der Waals surface area contributed by atoms with Crippen LogP contribution in [0.4, 0.5) is 5.82 Å². The number of nitrogens with zero attached hydrogens (tertiary/aromatic N) is 4. The molecule has 5 nitrogen and oxygen atoms in total. The SMILES string of the molecule is CCc1cncc(C(=O)c2cccc(N3CCCN(C(C)C)CC3)n2)c1. The van der Waals surface area contributed by atoms with E-state index in [1.54, 1.807) is 18.5 Å². The van der Waals surface area contributed by atoms with E-state index in [2.05, 4.69) is 40.5 Å². The van der Waals surface area contributed by atoms with E-state index in [-0.39, 0.29) is 5.78 Å².